The quantitative estimate of drug-likeness (QED) is 0.659. The van der Waals surface area contributed by atoms with Crippen LogP contribution in [0.1, 0.15) is 25.3 Å². The number of esters is 1. The summed E-state index contributed by atoms with van der Waals surface area (Å²) in [6, 6.07) is 9.68. The number of hydrogen-bond acceptors (Lipinski definition) is 5. The van der Waals surface area contributed by atoms with Crippen molar-refractivity contribution in [3.05, 3.63) is 35.9 Å². The smallest absolute Gasteiger partial charge is 0.323 e. The molecule has 0 radical (unpaired) electrons. The van der Waals surface area contributed by atoms with Crippen molar-refractivity contribution in [1.29, 1.82) is 0 Å². The van der Waals surface area contributed by atoms with Crippen LogP contribution in [-0.2, 0) is 21.0 Å². The Morgan fingerprint density at radius 3 is 2.85 bits per heavy atom. The largest absolute Gasteiger partial charge is 0.465 e. The third-order valence-corrected chi connectivity index (χ3v) is 3.11. The van der Waals surface area contributed by atoms with E-state index in [2.05, 4.69) is 10.5 Å². The average molecular weight is 276 g/mol. The molecule has 0 amide bonds. The molecule has 1 heterocycles. The van der Waals surface area contributed by atoms with E-state index in [9.17, 15) is 4.79 Å². The van der Waals surface area contributed by atoms with Crippen LogP contribution in [0.5, 0.6) is 0 Å². The van der Waals surface area contributed by atoms with Crippen LogP contribution in [0, 0.1) is 0 Å². The van der Waals surface area contributed by atoms with Crippen molar-refractivity contribution in [3.8, 4) is 0 Å². The van der Waals surface area contributed by atoms with Gasteiger partial charge in [0.05, 0.1) is 12.3 Å². The highest BCUT2D eigenvalue weighted by Crippen LogP contribution is 2.08. The third kappa shape index (κ3) is 4.35. The van der Waals surface area contributed by atoms with Crippen LogP contribution in [0.3, 0.4) is 0 Å². The van der Waals surface area contributed by atoms with E-state index < -0.39 is 0 Å². The summed E-state index contributed by atoms with van der Waals surface area (Å²) in [7, 11) is 0. The maximum atomic E-state index is 11.5. The van der Waals surface area contributed by atoms with Crippen molar-refractivity contribution in [3.63, 3.8) is 0 Å². The normalized spacial score (nSPS) is 20.6. The molecule has 1 aliphatic rings. The van der Waals surface area contributed by atoms with Gasteiger partial charge in [-0.2, -0.15) is 0 Å². The van der Waals surface area contributed by atoms with Gasteiger partial charge < -0.3 is 9.57 Å². The van der Waals surface area contributed by atoms with Crippen LogP contribution in [0.15, 0.2) is 35.5 Å². The van der Waals surface area contributed by atoms with E-state index in [4.69, 9.17) is 9.57 Å². The Balaban J connectivity index is 1.73. The van der Waals surface area contributed by atoms with Crippen LogP contribution >= 0.6 is 0 Å². The Morgan fingerprint density at radius 2 is 2.20 bits per heavy atom. The molecule has 108 valence electrons. The standard InChI is InChI=1S/C15H20N2O3/c1-2-19-15(18)14-9-8-13(10-16-14)17-20-11-12-6-4-3-5-7-12/h3-7,14,16H,2,8-11H2,1H3/t14-/m1/s1. The van der Waals surface area contributed by atoms with E-state index in [0.29, 0.717) is 26.2 Å². The molecule has 0 aromatic heterocycles. The molecule has 1 aliphatic heterocycles. The van der Waals surface area contributed by atoms with E-state index in [-0.39, 0.29) is 12.0 Å². The lowest BCUT2D eigenvalue weighted by Crippen LogP contribution is -2.45. The van der Waals surface area contributed by atoms with Gasteiger partial charge in [-0.15, -0.1) is 0 Å². The third-order valence-electron chi connectivity index (χ3n) is 3.11. The molecular weight excluding hydrogens is 256 g/mol. The lowest BCUT2D eigenvalue weighted by atomic mass is 10.0. The maximum absolute atomic E-state index is 11.5. The zero-order valence-electron chi connectivity index (χ0n) is 11.7. The minimum atomic E-state index is -0.219. The molecule has 1 atom stereocenters. The molecule has 2 rings (SSSR count). The number of ether oxygens (including phenoxy) is 1. The Hall–Kier alpha value is -1.88. The first-order valence-electron chi connectivity index (χ1n) is 6.91. The van der Waals surface area contributed by atoms with Gasteiger partial charge in [-0.3, -0.25) is 10.1 Å². The molecule has 0 unspecified atom stereocenters. The molecule has 20 heavy (non-hydrogen) atoms. The first-order valence-corrected chi connectivity index (χ1v) is 6.91. The minimum absolute atomic E-state index is 0.184. The van der Waals surface area contributed by atoms with Gasteiger partial charge in [-0.25, -0.2) is 0 Å². The Morgan fingerprint density at radius 1 is 1.40 bits per heavy atom. The minimum Gasteiger partial charge on any atom is -0.465 e. The summed E-state index contributed by atoms with van der Waals surface area (Å²) in [5.74, 6) is -0.184. The number of carbonyl (C=O) groups is 1. The fourth-order valence-corrected chi connectivity index (χ4v) is 2.04. The molecular formula is C15H20N2O3. The van der Waals surface area contributed by atoms with Crippen molar-refractivity contribution in [2.45, 2.75) is 32.4 Å². The summed E-state index contributed by atoms with van der Waals surface area (Å²) >= 11 is 0. The molecule has 5 heteroatoms. The SMILES string of the molecule is CCOC(=O)[C@H]1CCC(=NOCc2ccccc2)CN1. The van der Waals surface area contributed by atoms with Gasteiger partial charge in [0.25, 0.3) is 0 Å². The van der Waals surface area contributed by atoms with E-state index in [1.807, 2.05) is 37.3 Å². The molecule has 1 N–H and O–H groups in total. The van der Waals surface area contributed by atoms with Crippen molar-refractivity contribution in [1.82, 2.24) is 5.32 Å². The molecule has 0 spiro atoms. The number of nitrogens with one attached hydrogen (secondary N) is 1. The molecule has 1 fully saturated rings. The molecule has 0 bridgehead atoms. The van der Waals surface area contributed by atoms with Gasteiger partial charge in [-0.1, -0.05) is 35.5 Å². The van der Waals surface area contributed by atoms with Crippen LogP contribution in [0.4, 0.5) is 0 Å². The van der Waals surface area contributed by atoms with Crippen LogP contribution in [-0.4, -0.2) is 30.9 Å². The molecule has 1 aromatic rings. The summed E-state index contributed by atoms with van der Waals surface area (Å²) in [6.07, 6.45) is 1.46. The number of oxime groups is 1. The van der Waals surface area contributed by atoms with Crippen LogP contribution in [0.2, 0.25) is 0 Å². The topological polar surface area (TPSA) is 59.9 Å². The van der Waals surface area contributed by atoms with E-state index in [1.54, 1.807) is 0 Å². The Labute approximate surface area is 118 Å². The van der Waals surface area contributed by atoms with Crippen LogP contribution in [0.25, 0.3) is 0 Å². The van der Waals surface area contributed by atoms with Gasteiger partial charge in [-0.05, 0) is 25.3 Å². The second kappa shape index (κ2) is 7.65. The number of piperidine rings is 1. The number of nitrogens with zero attached hydrogens (tertiary/aromatic N) is 1. The predicted molar refractivity (Wildman–Crippen MR) is 76.3 cm³/mol. The highest BCUT2D eigenvalue weighted by molar-refractivity contribution is 5.89. The van der Waals surface area contributed by atoms with Gasteiger partial charge in [0.2, 0.25) is 0 Å². The van der Waals surface area contributed by atoms with Crippen LogP contribution < -0.4 is 5.32 Å². The second-order valence-corrected chi connectivity index (χ2v) is 4.64. The maximum Gasteiger partial charge on any atom is 0.323 e. The molecule has 0 aliphatic carbocycles. The summed E-state index contributed by atoms with van der Waals surface area (Å²) in [5.41, 5.74) is 2.02. The summed E-state index contributed by atoms with van der Waals surface area (Å²) < 4.78 is 4.98. The molecule has 5 nitrogen and oxygen atoms in total. The van der Waals surface area contributed by atoms with Gasteiger partial charge in [0.1, 0.15) is 12.6 Å². The van der Waals surface area contributed by atoms with Gasteiger partial charge in [0, 0.05) is 6.54 Å². The highest BCUT2D eigenvalue weighted by atomic mass is 16.6. The Kier molecular flexibility index (Phi) is 5.55. The van der Waals surface area contributed by atoms with Gasteiger partial charge >= 0.3 is 5.97 Å². The molecule has 1 saturated heterocycles. The summed E-state index contributed by atoms with van der Waals surface area (Å²) in [6.45, 7) is 3.26. The number of benzene rings is 1. The summed E-state index contributed by atoms with van der Waals surface area (Å²) in [4.78, 5) is 16.9. The van der Waals surface area contributed by atoms with Crippen molar-refractivity contribution < 1.29 is 14.4 Å². The van der Waals surface area contributed by atoms with E-state index in [1.165, 1.54) is 0 Å². The van der Waals surface area contributed by atoms with E-state index in [0.717, 1.165) is 17.7 Å². The highest BCUT2D eigenvalue weighted by Gasteiger charge is 2.24. The Bertz CT molecular complexity index is 449. The number of rotatable bonds is 5. The fourth-order valence-electron chi connectivity index (χ4n) is 2.04. The molecule has 0 saturated carbocycles. The lowest BCUT2D eigenvalue weighted by molar-refractivity contribution is -0.145. The average Bonchev–Trinajstić information content (AvgIpc) is 2.49. The molecule has 1 aromatic carbocycles. The first kappa shape index (κ1) is 14.5. The van der Waals surface area contributed by atoms with Crippen molar-refractivity contribution in [2.75, 3.05) is 13.2 Å². The first-order chi connectivity index (χ1) is 9.79. The van der Waals surface area contributed by atoms with Crippen molar-refractivity contribution >= 4 is 11.7 Å². The zero-order chi connectivity index (χ0) is 14.2. The monoisotopic (exact) mass is 276 g/mol. The fraction of sp³-hybridized carbons (Fsp3) is 0.467. The number of carbonyl (C=O) groups excluding carboxylic acids is 1. The van der Waals surface area contributed by atoms with Crippen molar-refractivity contribution in [2.24, 2.45) is 5.16 Å². The second-order valence-electron chi connectivity index (χ2n) is 4.64. The summed E-state index contributed by atoms with van der Waals surface area (Å²) in [5, 5.41) is 7.24. The number of hydrogen-bond donors (Lipinski definition) is 1. The predicted octanol–water partition coefficient (Wildman–Crippen LogP) is 1.87. The zero-order valence-corrected chi connectivity index (χ0v) is 11.7. The van der Waals surface area contributed by atoms with E-state index >= 15 is 0 Å². The van der Waals surface area contributed by atoms with Gasteiger partial charge in [0.15, 0.2) is 0 Å². The lowest BCUT2D eigenvalue weighted by Gasteiger charge is -2.22.